The predicted octanol–water partition coefficient (Wildman–Crippen LogP) is 0.843. The Morgan fingerprint density at radius 3 is 2.77 bits per heavy atom. The van der Waals surface area contributed by atoms with Crippen LogP contribution in [0, 0.1) is 0 Å². The van der Waals surface area contributed by atoms with Crippen molar-refractivity contribution in [3.05, 3.63) is 23.8 Å². The van der Waals surface area contributed by atoms with Gasteiger partial charge in [0.05, 0.1) is 6.61 Å². The zero-order chi connectivity index (χ0) is 9.84. The molecule has 1 aromatic rings. The molecule has 4 heteroatoms. The van der Waals surface area contributed by atoms with Crippen LogP contribution < -0.4 is 5.32 Å². The van der Waals surface area contributed by atoms with Crippen LogP contribution in [0.25, 0.3) is 0 Å². The zero-order valence-corrected chi connectivity index (χ0v) is 7.24. The Bertz CT molecular complexity index is 323. The summed E-state index contributed by atoms with van der Waals surface area (Å²) in [5.74, 6) is -0.161. The molecule has 0 aliphatic carbocycles. The van der Waals surface area contributed by atoms with Crippen LogP contribution in [0.3, 0.4) is 0 Å². The first kappa shape index (κ1) is 9.54. The molecule has 0 atom stereocenters. The smallest absolute Gasteiger partial charge is 0.221 e. The highest BCUT2D eigenvalue weighted by Gasteiger charge is 2.01. The van der Waals surface area contributed by atoms with Crippen molar-refractivity contribution in [2.24, 2.45) is 0 Å². The van der Waals surface area contributed by atoms with Crippen molar-refractivity contribution in [1.29, 1.82) is 0 Å². The van der Waals surface area contributed by atoms with Crippen LogP contribution in [0.15, 0.2) is 18.2 Å². The monoisotopic (exact) mass is 181 g/mol. The summed E-state index contributed by atoms with van der Waals surface area (Å²) in [5.41, 5.74) is 0.959. The van der Waals surface area contributed by atoms with Crippen LogP contribution in [0.2, 0.25) is 0 Å². The van der Waals surface area contributed by atoms with Gasteiger partial charge in [-0.2, -0.15) is 0 Å². The fraction of sp³-hybridized carbons (Fsp3) is 0.222. The van der Waals surface area contributed by atoms with Gasteiger partial charge in [-0.05, 0) is 18.2 Å². The van der Waals surface area contributed by atoms with Crippen molar-refractivity contribution in [1.82, 2.24) is 0 Å². The number of rotatable bonds is 2. The van der Waals surface area contributed by atoms with E-state index in [0.717, 1.165) is 0 Å². The molecule has 0 fully saturated rings. The largest absolute Gasteiger partial charge is 0.508 e. The minimum Gasteiger partial charge on any atom is -0.508 e. The molecule has 13 heavy (non-hydrogen) atoms. The van der Waals surface area contributed by atoms with Gasteiger partial charge < -0.3 is 15.5 Å². The van der Waals surface area contributed by atoms with Gasteiger partial charge in [-0.1, -0.05) is 0 Å². The maximum atomic E-state index is 10.7. The van der Waals surface area contributed by atoms with E-state index in [1.807, 2.05) is 0 Å². The number of aliphatic hydroxyl groups is 1. The Morgan fingerprint density at radius 2 is 2.23 bits per heavy atom. The first-order valence-electron chi connectivity index (χ1n) is 3.84. The van der Waals surface area contributed by atoms with E-state index in [2.05, 4.69) is 5.32 Å². The van der Waals surface area contributed by atoms with Crippen molar-refractivity contribution in [2.45, 2.75) is 13.5 Å². The van der Waals surface area contributed by atoms with Crippen LogP contribution >= 0.6 is 0 Å². The lowest BCUT2D eigenvalue weighted by atomic mass is 10.2. The molecule has 0 aromatic heterocycles. The van der Waals surface area contributed by atoms with Gasteiger partial charge in [0.1, 0.15) is 5.75 Å². The molecule has 70 valence electrons. The minimum absolute atomic E-state index is 0.0246. The summed E-state index contributed by atoms with van der Waals surface area (Å²) < 4.78 is 0. The normalized spacial score (nSPS) is 9.69. The third kappa shape index (κ3) is 2.45. The highest BCUT2D eigenvalue weighted by Crippen LogP contribution is 2.21. The fourth-order valence-electron chi connectivity index (χ4n) is 0.993. The number of aromatic hydroxyl groups is 1. The van der Waals surface area contributed by atoms with Gasteiger partial charge in [0.2, 0.25) is 5.91 Å². The average molecular weight is 181 g/mol. The van der Waals surface area contributed by atoms with Crippen LogP contribution in [-0.4, -0.2) is 16.1 Å². The van der Waals surface area contributed by atoms with Gasteiger partial charge in [0.15, 0.2) is 0 Å². The van der Waals surface area contributed by atoms with Crippen molar-refractivity contribution in [2.75, 3.05) is 5.32 Å². The van der Waals surface area contributed by atoms with Crippen LogP contribution in [0.5, 0.6) is 5.75 Å². The van der Waals surface area contributed by atoms with E-state index in [1.54, 1.807) is 6.07 Å². The number of anilines is 1. The Labute approximate surface area is 75.8 Å². The zero-order valence-electron chi connectivity index (χ0n) is 7.24. The molecule has 1 aromatic carbocycles. The van der Waals surface area contributed by atoms with Gasteiger partial charge in [-0.3, -0.25) is 4.79 Å². The van der Waals surface area contributed by atoms with Crippen LogP contribution in [-0.2, 0) is 11.4 Å². The maximum absolute atomic E-state index is 10.7. The molecule has 0 spiro atoms. The van der Waals surface area contributed by atoms with Crippen molar-refractivity contribution in [3.63, 3.8) is 0 Å². The van der Waals surface area contributed by atoms with E-state index in [-0.39, 0.29) is 18.3 Å². The first-order valence-corrected chi connectivity index (χ1v) is 3.84. The molecule has 1 amide bonds. The summed E-state index contributed by atoms with van der Waals surface area (Å²) in [6, 6.07) is 4.52. The molecule has 0 unspecified atom stereocenters. The van der Waals surface area contributed by atoms with Crippen LogP contribution in [0.1, 0.15) is 12.5 Å². The first-order chi connectivity index (χ1) is 6.13. The number of amides is 1. The lowest BCUT2D eigenvalue weighted by Crippen LogP contribution is -2.05. The molecule has 3 N–H and O–H groups in total. The quantitative estimate of drug-likeness (QED) is 0.592. The van der Waals surface area contributed by atoms with Gasteiger partial charge >= 0.3 is 0 Å². The summed E-state index contributed by atoms with van der Waals surface area (Å²) in [6.45, 7) is 1.14. The summed E-state index contributed by atoms with van der Waals surface area (Å²) in [6.07, 6.45) is 0. The minimum atomic E-state index is -0.251. The Morgan fingerprint density at radius 1 is 1.54 bits per heavy atom. The summed E-state index contributed by atoms with van der Waals surface area (Å²) in [5, 5.41) is 20.5. The van der Waals surface area contributed by atoms with Gasteiger partial charge in [0, 0.05) is 18.2 Å². The number of hydrogen-bond donors (Lipinski definition) is 3. The summed E-state index contributed by atoms with van der Waals surface area (Å²) in [4.78, 5) is 10.7. The molecule has 0 bridgehead atoms. The second kappa shape index (κ2) is 3.91. The second-order valence-corrected chi connectivity index (χ2v) is 2.68. The topological polar surface area (TPSA) is 69.6 Å². The van der Waals surface area contributed by atoms with E-state index in [9.17, 15) is 9.90 Å². The molecular weight excluding hydrogens is 170 g/mol. The fourth-order valence-corrected chi connectivity index (χ4v) is 0.993. The van der Waals surface area contributed by atoms with Gasteiger partial charge in [-0.25, -0.2) is 0 Å². The molecule has 0 radical (unpaired) electrons. The molecule has 0 aliphatic heterocycles. The molecular formula is C9H11NO3. The third-order valence-corrected chi connectivity index (χ3v) is 1.57. The standard InChI is InChI=1S/C9H11NO3/c1-6(12)10-8-2-3-9(13)7(4-8)5-11/h2-4,11,13H,5H2,1H3,(H,10,12). The van der Waals surface area contributed by atoms with Gasteiger partial charge in [-0.15, -0.1) is 0 Å². The molecule has 0 saturated heterocycles. The number of carbonyl (C=O) groups is 1. The highest BCUT2D eigenvalue weighted by molar-refractivity contribution is 5.88. The van der Waals surface area contributed by atoms with E-state index in [1.165, 1.54) is 19.1 Å². The number of phenols is 1. The molecule has 1 rings (SSSR count). The maximum Gasteiger partial charge on any atom is 0.221 e. The highest BCUT2D eigenvalue weighted by atomic mass is 16.3. The SMILES string of the molecule is CC(=O)Nc1ccc(O)c(CO)c1. The number of aliphatic hydroxyl groups excluding tert-OH is 1. The predicted molar refractivity (Wildman–Crippen MR) is 48.3 cm³/mol. The Balaban J connectivity index is 2.92. The molecule has 0 aliphatic rings. The van der Waals surface area contributed by atoms with Crippen molar-refractivity contribution < 1.29 is 15.0 Å². The second-order valence-electron chi connectivity index (χ2n) is 2.68. The average Bonchev–Trinajstić information content (AvgIpc) is 2.07. The van der Waals surface area contributed by atoms with E-state index < -0.39 is 0 Å². The summed E-state index contributed by atoms with van der Waals surface area (Å²) >= 11 is 0. The Hall–Kier alpha value is -1.55. The van der Waals surface area contributed by atoms with E-state index in [4.69, 9.17) is 5.11 Å². The molecule has 0 heterocycles. The lowest BCUT2D eigenvalue weighted by molar-refractivity contribution is -0.114. The number of hydrogen-bond acceptors (Lipinski definition) is 3. The lowest BCUT2D eigenvalue weighted by Gasteiger charge is -2.05. The van der Waals surface area contributed by atoms with E-state index >= 15 is 0 Å². The Kier molecular flexibility index (Phi) is 2.87. The number of benzene rings is 1. The molecule has 0 saturated carbocycles. The van der Waals surface area contributed by atoms with Gasteiger partial charge in [0.25, 0.3) is 0 Å². The molecule has 4 nitrogen and oxygen atoms in total. The van der Waals surface area contributed by atoms with Crippen molar-refractivity contribution >= 4 is 11.6 Å². The van der Waals surface area contributed by atoms with Crippen molar-refractivity contribution in [3.8, 4) is 5.75 Å². The van der Waals surface area contributed by atoms with E-state index in [0.29, 0.717) is 11.3 Å². The number of nitrogens with one attached hydrogen (secondary N) is 1. The number of carbonyl (C=O) groups excluding carboxylic acids is 1. The van der Waals surface area contributed by atoms with Crippen LogP contribution in [0.4, 0.5) is 5.69 Å². The summed E-state index contributed by atoms with van der Waals surface area (Å²) in [7, 11) is 0. The third-order valence-electron chi connectivity index (χ3n) is 1.57.